The Morgan fingerprint density at radius 2 is 2.00 bits per heavy atom. The van der Waals surface area contributed by atoms with Gasteiger partial charge in [-0.15, -0.1) is 0 Å². The Morgan fingerprint density at radius 1 is 1.29 bits per heavy atom. The van der Waals surface area contributed by atoms with Crippen LogP contribution >= 0.6 is 0 Å². The zero-order valence-electron chi connectivity index (χ0n) is 13.4. The highest BCUT2D eigenvalue weighted by atomic mass is 16.5. The maximum Gasteiger partial charge on any atom is 0.161 e. The molecule has 0 spiro atoms. The van der Waals surface area contributed by atoms with Crippen LogP contribution in [0.4, 0.5) is 0 Å². The molecular weight excluding hydrogens is 264 g/mol. The molecule has 0 bridgehead atoms. The van der Waals surface area contributed by atoms with Gasteiger partial charge in [-0.05, 0) is 30.9 Å². The lowest BCUT2D eigenvalue weighted by molar-refractivity contribution is 0.135. The van der Waals surface area contributed by atoms with Gasteiger partial charge in [0.25, 0.3) is 0 Å². The van der Waals surface area contributed by atoms with E-state index in [1.807, 2.05) is 25.1 Å². The fourth-order valence-corrected chi connectivity index (χ4v) is 3.03. The van der Waals surface area contributed by atoms with E-state index < -0.39 is 0 Å². The molecule has 0 amide bonds. The van der Waals surface area contributed by atoms with Gasteiger partial charge in [0, 0.05) is 32.2 Å². The molecule has 1 saturated heterocycles. The molecule has 2 N–H and O–H groups in total. The van der Waals surface area contributed by atoms with Crippen LogP contribution in [0.15, 0.2) is 18.2 Å². The van der Waals surface area contributed by atoms with E-state index in [-0.39, 0.29) is 0 Å². The van der Waals surface area contributed by atoms with Crippen LogP contribution in [-0.2, 0) is 6.42 Å². The molecule has 0 radical (unpaired) electrons. The SMILES string of the molecule is CCOc1cccc(CC(C(C)C)N2CCNCC2)c1O. The fourth-order valence-electron chi connectivity index (χ4n) is 3.03. The molecule has 1 aromatic carbocycles. The average Bonchev–Trinajstić information content (AvgIpc) is 2.49. The number of benzene rings is 1. The lowest BCUT2D eigenvalue weighted by atomic mass is 9.93. The normalized spacial score (nSPS) is 17.9. The quantitative estimate of drug-likeness (QED) is 0.844. The summed E-state index contributed by atoms with van der Waals surface area (Å²) >= 11 is 0. The van der Waals surface area contributed by atoms with Crippen molar-refractivity contribution in [3.05, 3.63) is 23.8 Å². The molecule has 0 aliphatic carbocycles. The molecule has 0 saturated carbocycles. The predicted molar refractivity (Wildman–Crippen MR) is 86.0 cm³/mol. The Balaban J connectivity index is 2.14. The smallest absolute Gasteiger partial charge is 0.161 e. The summed E-state index contributed by atoms with van der Waals surface area (Å²) in [6, 6.07) is 6.26. The van der Waals surface area contributed by atoms with Gasteiger partial charge in [-0.3, -0.25) is 4.90 Å². The van der Waals surface area contributed by atoms with Gasteiger partial charge in [0.05, 0.1) is 6.61 Å². The summed E-state index contributed by atoms with van der Waals surface area (Å²) in [5.74, 6) is 1.45. The van der Waals surface area contributed by atoms with Gasteiger partial charge < -0.3 is 15.2 Å². The van der Waals surface area contributed by atoms with Crippen molar-refractivity contribution < 1.29 is 9.84 Å². The van der Waals surface area contributed by atoms with Crippen molar-refractivity contribution >= 4 is 0 Å². The van der Waals surface area contributed by atoms with Crippen LogP contribution in [0.25, 0.3) is 0 Å². The molecular formula is C17H28N2O2. The number of aromatic hydroxyl groups is 1. The van der Waals surface area contributed by atoms with Crippen LogP contribution in [0.1, 0.15) is 26.3 Å². The van der Waals surface area contributed by atoms with Crippen LogP contribution in [0, 0.1) is 5.92 Å². The van der Waals surface area contributed by atoms with Crippen LogP contribution in [0.3, 0.4) is 0 Å². The highest BCUT2D eigenvalue weighted by Gasteiger charge is 2.25. The van der Waals surface area contributed by atoms with E-state index in [2.05, 4.69) is 24.1 Å². The number of hydrogen-bond donors (Lipinski definition) is 2. The molecule has 1 aliphatic rings. The first-order valence-electron chi connectivity index (χ1n) is 8.02. The summed E-state index contributed by atoms with van der Waals surface area (Å²) in [7, 11) is 0. The zero-order valence-corrected chi connectivity index (χ0v) is 13.4. The van der Waals surface area contributed by atoms with Crippen molar-refractivity contribution in [3.8, 4) is 11.5 Å². The summed E-state index contributed by atoms with van der Waals surface area (Å²) in [4.78, 5) is 2.54. The zero-order chi connectivity index (χ0) is 15.2. The van der Waals surface area contributed by atoms with Crippen molar-refractivity contribution in [2.75, 3.05) is 32.8 Å². The monoisotopic (exact) mass is 292 g/mol. The number of piperazine rings is 1. The fraction of sp³-hybridized carbons (Fsp3) is 0.647. The summed E-state index contributed by atoms with van der Waals surface area (Å²) in [5, 5.41) is 13.8. The maximum atomic E-state index is 10.4. The third-order valence-electron chi connectivity index (χ3n) is 4.20. The second-order valence-corrected chi connectivity index (χ2v) is 6.00. The van der Waals surface area contributed by atoms with Crippen LogP contribution in [-0.4, -0.2) is 48.8 Å². The van der Waals surface area contributed by atoms with E-state index in [1.54, 1.807) is 0 Å². The molecule has 1 aliphatic heterocycles. The largest absolute Gasteiger partial charge is 0.504 e. The van der Waals surface area contributed by atoms with Crippen LogP contribution in [0.2, 0.25) is 0 Å². The Kier molecular flexibility index (Phi) is 5.88. The third-order valence-corrected chi connectivity index (χ3v) is 4.20. The Labute approximate surface area is 128 Å². The Bertz CT molecular complexity index is 442. The molecule has 4 nitrogen and oxygen atoms in total. The minimum atomic E-state index is 0.306. The lowest BCUT2D eigenvalue weighted by Crippen LogP contribution is -2.50. The first-order chi connectivity index (χ1) is 10.1. The molecule has 1 aromatic rings. The van der Waals surface area contributed by atoms with E-state index in [4.69, 9.17) is 4.74 Å². The molecule has 0 aromatic heterocycles. The molecule has 1 heterocycles. The van der Waals surface area contributed by atoms with E-state index in [0.717, 1.165) is 38.2 Å². The topological polar surface area (TPSA) is 44.7 Å². The number of para-hydroxylation sites is 1. The first-order valence-corrected chi connectivity index (χ1v) is 8.02. The van der Waals surface area contributed by atoms with Gasteiger partial charge in [-0.2, -0.15) is 0 Å². The van der Waals surface area contributed by atoms with Crippen molar-refractivity contribution in [1.29, 1.82) is 0 Å². The maximum absolute atomic E-state index is 10.4. The average molecular weight is 292 g/mol. The van der Waals surface area contributed by atoms with E-state index in [1.165, 1.54) is 0 Å². The van der Waals surface area contributed by atoms with E-state index in [9.17, 15) is 5.11 Å². The highest BCUT2D eigenvalue weighted by molar-refractivity contribution is 5.45. The molecule has 1 atom stereocenters. The summed E-state index contributed by atoms with van der Waals surface area (Å²) in [5.41, 5.74) is 0.984. The third kappa shape index (κ3) is 4.11. The predicted octanol–water partition coefficient (Wildman–Crippen LogP) is 2.26. The second-order valence-electron chi connectivity index (χ2n) is 6.00. The van der Waals surface area contributed by atoms with Gasteiger partial charge in [-0.25, -0.2) is 0 Å². The number of rotatable bonds is 6. The molecule has 2 rings (SSSR count). The molecule has 118 valence electrons. The minimum absolute atomic E-state index is 0.306. The van der Waals surface area contributed by atoms with Crippen LogP contribution in [0.5, 0.6) is 11.5 Å². The van der Waals surface area contributed by atoms with Crippen molar-refractivity contribution in [2.24, 2.45) is 5.92 Å². The van der Waals surface area contributed by atoms with Gasteiger partial charge in [0.15, 0.2) is 11.5 Å². The van der Waals surface area contributed by atoms with Gasteiger partial charge in [0.2, 0.25) is 0 Å². The minimum Gasteiger partial charge on any atom is -0.504 e. The molecule has 1 unspecified atom stereocenters. The van der Waals surface area contributed by atoms with E-state index >= 15 is 0 Å². The Hall–Kier alpha value is -1.26. The molecule has 1 fully saturated rings. The van der Waals surface area contributed by atoms with Gasteiger partial charge in [0.1, 0.15) is 0 Å². The Morgan fingerprint density at radius 3 is 2.62 bits per heavy atom. The van der Waals surface area contributed by atoms with Crippen molar-refractivity contribution in [3.63, 3.8) is 0 Å². The summed E-state index contributed by atoms with van der Waals surface area (Å²) in [6.45, 7) is 11.3. The summed E-state index contributed by atoms with van der Waals surface area (Å²) < 4.78 is 5.49. The number of nitrogens with one attached hydrogen (secondary N) is 1. The standard InChI is InChI=1S/C17H28N2O2/c1-4-21-16-7-5-6-14(17(16)20)12-15(13(2)3)19-10-8-18-9-11-19/h5-7,13,15,18,20H,4,8-12H2,1-3H3. The number of phenolic OH excluding ortho intramolecular Hbond substituents is 1. The van der Waals surface area contributed by atoms with Crippen molar-refractivity contribution in [2.45, 2.75) is 33.2 Å². The van der Waals surface area contributed by atoms with Crippen molar-refractivity contribution in [1.82, 2.24) is 10.2 Å². The number of nitrogens with zero attached hydrogens (tertiary/aromatic N) is 1. The number of ether oxygens (including phenoxy) is 1. The number of hydrogen-bond acceptors (Lipinski definition) is 4. The van der Waals surface area contributed by atoms with Gasteiger partial charge >= 0.3 is 0 Å². The van der Waals surface area contributed by atoms with Gasteiger partial charge in [-0.1, -0.05) is 26.0 Å². The summed E-state index contributed by atoms with van der Waals surface area (Å²) in [6.07, 6.45) is 0.865. The second kappa shape index (κ2) is 7.66. The first kappa shape index (κ1) is 16.1. The molecule has 21 heavy (non-hydrogen) atoms. The highest BCUT2D eigenvalue weighted by Crippen LogP contribution is 2.32. The molecule has 4 heteroatoms. The lowest BCUT2D eigenvalue weighted by Gasteiger charge is -2.37. The van der Waals surface area contributed by atoms with Crippen LogP contribution < -0.4 is 10.1 Å². The van der Waals surface area contributed by atoms with E-state index in [0.29, 0.717) is 30.1 Å². The number of phenols is 1.